The molecule has 4 rings (SSSR count). The van der Waals surface area contributed by atoms with Gasteiger partial charge >= 0.3 is 0 Å². The van der Waals surface area contributed by atoms with Crippen molar-refractivity contribution in [2.75, 3.05) is 26.7 Å². The number of carbonyl (C=O) groups excluding carboxylic acids is 1. The maximum atomic E-state index is 12.4. The summed E-state index contributed by atoms with van der Waals surface area (Å²) in [6.45, 7) is 1.12. The molecule has 122 valence electrons. The summed E-state index contributed by atoms with van der Waals surface area (Å²) < 4.78 is 0. The molecule has 3 N–H and O–H groups in total. The molecule has 5 heteroatoms. The van der Waals surface area contributed by atoms with Crippen LogP contribution in [0.5, 0.6) is 0 Å². The average Bonchev–Trinajstić information content (AvgIpc) is 2.98. The highest BCUT2D eigenvalue weighted by atomic mass is 16.3. The second-order valence-electron chi connectivity index (χ2n) is 6.85. The summed E-state index contributed by atoms with van der Waals surface area (Å²) in [5, 5.41) is 13.1. The lowest BCUT2D eigenvalue weighted by Gasteiger charge is -2.45. The van der Waals surface area contributed by atoms with Crippen LogP contribution in [0.1, 0.15) is 23.5 Å². The molecule has 1 fully saturated rings. The molecule has 1 aliphatic heterocycles. The van der Waals surface area contributed by atoms with Crippen LogP contribution in [0.2, 0.25) is 0 Å². The van der Waals surface area contributed by atoms with Crippen LogP contribution in [0.4, 0.5) is 0 Å². The Hall–Kier alpha value is -1.85. The molecule has 0 bridgehead atoms. The van der Waals surface area contributed by atoms with Crippen LogP contribution in [0.15, 0.2) is 24.4 Å². The number of fused-ring (bicyclic) bond motifs is 2. The molecule has 2 aromatic rings. The minimum Gasteiger partial charge on any atom is -0.395 e. The Labute approximate surface area is 135 Å². The number of hydrogen-bond acceptors (Lipinski definition) is 3. The number of aromatic amines is 1. The molecule has 1 saturated heterocycles. The highest BCUT2D eigenvalue weighted by Crippen LogP contribution is 2.44. The van der Waals surface area contributed by atoms with Gasteiger partial charge in [0.2, 0.25) is 5.91 Å². The third-order valence-corrected chi connectivity index (χ3v) is 5.51. The molecule has 1 amide bonds. The van der Waals surface area contributed by atoms with Crippen molar-refractivity contribution in [2.24, 2.45) is 5.92 Å². The lowest BCUT2D eigenvalue weighted by molar-refractivity contribution is -0.127. The number of H-pyrrole nitrogens is 1. The number of piperidine rings is 1. The number of aliphatic hydroxyl groups excluding tert-OH is 1. The minimum absolute atomic E-state index is 0.00757. The third kappa shape index (κ3) is 2.35. The Bertz CT molecular complexity index is 739. The van der Waals surface area contributed by atoms with E-state index in [9.17, 15) is 4.79 Å². The van der Waals surface area contributed by atoms with Gasteiger partial charge in [-0.15, -0.1) is 0 Å². The quantitative estimate of drug-likeness (QED) is 0.798. The summed E-state index contributed by atoms with van der Waals surface area (Å²) in [6.07, 6.45) is 4.07. The molecule has 3 atom stereocenters. The van der Waals surface area contributed by atoms with Gasteiger partial charge in [-0.2, -0.15) is 0 Å². The van der Waals surface area contributed by atoms with E-state index < -0.39 is 0 Å². The number of amides is 1. The van der Waals surface area contributed by atoms with E-state index in [-0.39, 0.29) is 18.4 Å². The predicted octanol–water partition coefficient (Wildman–Crippen LogP) is 1.24. The van der Waals surface area contributed by atoms with Crippen molar-refractivity contribution < 1.29 is 9.90 Å². The molecular weight excluding hydrogens is 290 g/mol. The number of nitrogens with zero attached hydrogens (tertiary/aromatic N) is 1. The van der Waals surface area contributed by atoms with Crippen LogP contribution >= 0.6 is 0 Å². The van der Waals surface area contributed by atoms with E-state index in [0.29, 0.717) is 18.5 Å². The zero-order valence-corrected chi connectivity index (χ0v) is 13.4. The SMILES string of the molecule is CN1CC(C(=O)NCCO)C[C@@H]2c3cccc4[nH]cc(c34)C[C@H]21. The standard InChI is InChI=1S/C18H23N3O2/c1-21-10-12(18(23)19-5-6-22)7-14-13-3-2-4-15-17(13)11(9-20-15)8-16(14)21/h2-4,9,12,14,16,20,22H,5-8,10H2,1H3,(H,19,23)/t12?,14-,16-/m1/s1. The molecule has 1 aromatic heterocycles. The smallest absolute Gasteiger partial charge is 0.224 e. The lowest BCUT2D eigenvalue weighted by Crippen LogP contribution is -2.51. The van der Waals surface area contributed by atoms with Gasteiger partial charge in [0.1, 0.15) is 0 Å². The van der Waals surface area contributed by atoms with Crippen LogP contribution in [-0.4, -0.2) is 53.7 Å². The third-order valence-electron chi connectivity index (χ3n) is 5.51. The molecule has 23 heavy (non-hydrogen) atoms. The van der Waals surface area contributed by atoms with E-state index in [1.807, 2.05) is 0 Å². The zero-order chi connectivity index (χ0) is 16.0. The van der Waals surface area contributed by atoms with E-state index in [2.05, 4.69) is 46.6 Å². The summed E-state index contributed by atoms with van der Waals surface area (Å²) in [4.78, 5) is 18.1. The minimum atomic E-state index is -0.0106. The number of aromatic nitrogens is 1. The maximum absolute atomic E-state index is 12.4. The number of nitrogens with one attached hydrogen (secondary N) is 2. The van der Waals surface area contributed by atoms with E-state index in [4.69, 9.17) is 5.11 Å². The highest BCUT2D eigenvalue weighted by Gasteiger charge is 2.41. The van der Waals surface area contributed by atoms with E-state index in [1.165, 1.54) is 22.0 Å². The number of likely N-dealkylation sites (N-methyl/N-ethyl adjacent to an activating group) is 1. The van der Waals surface area contributed by atoms with E-state index >= 15 is 0 Å². The van der Waals surface area contributed by atoms with Gasteiger partial charge in [-0.1, -0.05) is 12.1 Å². The van der Waals surface area contributed by atoms with Crippen molar-refractivity contribution in [3.8, 4) is 0 Å². The van der Waals surface area contributed by atoms with Crippen molar-refractivity contribution >= 4 is 16.8 Å². The van der Waals surface area contributed by atoms with Crippen LogP contribution in [0.3, 0.4) is 0 Å². The van der Waals surface area contributed by atoms with Crippen LogP contribution in [0, 0.1) is 5.92 Å². The number of benzene rings is 1. The zero-order valence-electron chi connectivity index (χ0n) is 13.4. The molecule has 0 radical (unpaired) electrons. The Morgan fingerprint density at radius 1 is 1.48 bits per heavy atom. The molecular formula is C18H23N3O2. The van der Waals surface area contributed by atoms with Gasteiger partial charge in [0.15, 0.2) is 0 Å². The lowest BCUT2D eigenvalue weighted by atomic mass is 9.72. The number of rotatable bonds is 3. The first-order valence-corrected chi connectivity index (χ1v) is 8.36. The molecule has 2 heterocycles. The monoisotopic (exact) mass is 313 g/mol. The van der Waals surface area contributed by atoms with Crippen molar-refractivity contribution in [1.82, 2.24) is 15.2 Å². The van der Waals surface area contributed by atoms with E-state index in [1.54, 1.807) is 0 Å². The number of aliphatic hydroxyl groups is 1. The molecule has 5 nitrogen and oxygen atoms in total. The van der Waals surface area contributed by atoms with Gasteiger partial charge in [0, 0.05) is 42.1 Å². The van der Waals surface area contributed by atoms with E-state index in [0.717, 1.165) is 19.4 Å². The highest BCUT2D eigenvalue weighted by molar-refractivity contribution is 5.88. The fraction of sp³-hybridized carbons (Fsp3) is 0.500. The second-order valence-corrected chi connectivity index (χ2v) is 6.85. The first-order valence-electron chi connectivity index (χ1n) is 8.36. The van der Waals surface area contributed by atoms with Crippen LogP contribution in [-0.2, 0) is 11.2 Å². The normalized spacial score (nSPS) is 27.0. The Balaban J connectivity index is 1.67. The second kappa shape index (κ2) is 5.65. The summed E-state index contributed by atoms with van der Waals surface area (Å²) >= 11 is 0. The number of likely N-dealkylation sites (tertiary alicyclic amines) is 1. The van der Waals surface area contributed by atoms with Gasteiger partial charge in [0.25, 0.3) is 0 Å². The van der Waals surface area contributed by atoms with Crippen molar-refractivity contribution in [3.05, 3.63) is 35.5 Å². The maximum Gasteiger partial charge on any atom is 0.224 e. The first kappa shape index (κ1) is 14.7. The van der Waals surface area contributed by atoms with Gasteiger partial charge in [-0.05, 0) is 37.1 Å². The predicted molar refractivity (Wildman–Crippen MR) is 89.4 cm³/mol. The molecule has 1 aliphatic carbocycles. The van der Waals surface area contributed by atoms with Crippen molar-refractivity contribution in [2.45, 2.75) is 24.8 Å². The molecule has 1 unspecified atom stereocenters. The molecule has 0 saturated carbocycles. The van der Waals surface area contributed by atoms with Crippen molar-refractivity contribution in [3.63, 3.8) is 0 Å². The topological polar surface area (TPSA) is 68.4 Å². The van der Waals surface area contributed by atoms with Crippen molar-refractivity contribution in [1.29, 1.82) is 0 Å². The Morgan fingerprint density at radius 2 is 2.35 bits per heavy atom. The summed E-state index contributed by atoms with van der Waals surface area (Å²) in [6, 6.07) is 6.92. The fourth-order valence-electron chi connectivity index (χ4n) is 4.46. The van der Waals surface area contributed by atoms with Crippen LogP contribution < -0.4 is 5.32 Å². The largest absolute Gasteiger partial charge is 0.395 e. The molecule has 2 aliphatic rings. The van der Waals surface area contributed by atoms with Crippen LogP contribution in [0.25, 0.3) is 10.9 Å². The number of carbonyl (C=O) groups is 1. The average molecular weight is 313 g/mol. The van der Waals surface area contributed by atoms with Gasteiger partial charge in [-0.3, -0.25) is 4.79 Å². The van der Waals surface area contributed by atoms with Gasteiger partial charge in [-0.25, -0.2) is 0 Å². The first-order chi connectivity index (χ1) is 11.2. The fourth-order valence-corrected chi connectivity index (χ4v) is 4.46. The summed E-state index contributed by atoms with van der Waals surface area (Å²) in [7, 11) is 2.13. The van der Waals surface area contributed by atoms with Gasteiger partial charge < -0.3 is 20.3 Å². The summed E-state index contributed by atoms with van der Waals surface area (Å²) in [5.74, 6) is 0.450. The Morgan fingerprint density at radius 3 is 3.17 bits per heavy atom. The summed E-state index contributed by atoms with van der Waals surface area (Å²) in [5.41, 5.74) is 3.97. The molecule has 0 spiro atoms. The Kier molecular flexibility index (Phi) is 3.62. The molecule has 1 aromatic carbocycles. The number of hydrogen-bond donors (Lipinski definition) is 3. The van der Waals surface area contributed by atoms with Gasteiger partial charge in [0.05, 0.1) is 12.5 Å².